The lowest BCUT2D eigenvalue weighted by atomic mass is 9.79. The average molecular weight is 1840 g/mol. The van der Waals surface area contributed by atoms with Gasteiger partial charge in [-0.25, -0.2) is 34.1 Å². The largest absolute Gasteiger partial charge is 0.492 e. The van der Waals surface area contributed by atoms with Crippen LogP contribution in [0.5, 0.6) is 0 Å². The second-order valence-corrected chi connectivity index (χ2v) is 41.5. The van der Waals surface area contributed by atoms with Gasteiger partial charge in [-0.15, -0.1) is 0 Å². The molecule has 13 heterocycles. The van der Waals surface area contributed by atoms with Gasteiger partial charge in [0.15, 0.2) is 5.65 Å². The van der Waals surface area contributed by atoms with Crippen molar-refractivity contribution in [2.75, 3.05) is 78.5 Å². The maximum Gasteiger partial charge on any atom is 0.492 e. The minimum absolute atomic E-state index is 0.157. The van der Waals surface area contributed by atoms with Gasteiger partial charge in [0.1, 0.15) is 16.7 Å². The first-order chi connectivity index (χ1) is 58.8. The molecule has 0 spiro atoms. The molecule has 33 heteroatoms. The van der Waals surface area contributed by atoms with Gasteiger partial charge in [-0.3, -0.25) is 33.9 Å². The van der Waals surface area contributed by atoms with Crippen LogP contribution in [0.3, 0.4) is 0 Å². The van der Waals surface area contributed by atoms with Crippen LogP contribution in [-0.2, 0) is 74.2 Å². The van der Waals surface area contributed by atoms with Crippen LogP contribution in [0.1, 0.15) is 229 Å². The van der Waals surface area contributed by atoms with Crippen LogP contribution in [0, 0.1) is 29.6 Å². The Bertz CT molecular complexity index is 5070. The Hall–Kier alpha value is -8.08. The standard InChI is InChI=1S/C19H22N4O3.C15H26BNO4.C15H14IN3O.C15H15N3O.C14H22BNO3.C10H18BNO2.C4H5ClO/c1-19(2,3)26-18(25)23-9-7-14-16(23)20-10-15(21-14)13-6-8-22(11-13)17(24)12-4-5-12;1-13(2,3)19-12(18)17-9-8-11(10-17)16-20-14(4,5)15(6,7)21-16;16-11-3-4-12-14(11)18-13(7-17-12)10-5-6-19(8-10)15(20)9-1-2-9;19-15(10-4-5-10)18-7-6-11(9-18)14-8-16-12-2-1-3-13(12)17-14;1-13(2)14(3,4)19-15(18-13)11-7-8-16(9-11)12(17)10-5-6-10;1-9(2)10(3,4)14-11(13-9)8-5-6-12-7-8;5-4(6)3-1-2-3/h6-7,9-10,12H,4-5,8,11H2,1-3H3;8H,9-10H2,1-7H3;3,5,7,9H,1-2,4,6,8H2;1,3,6,8,10H,2,4-5,7,9H2;7,10H,5-6,8-9H2,1-4H3;5,12H,6-7H2,1-4H3;3H,1-2H2. The number of hydrogen-bond acceptors (Lipinski definition) is 22. The van der Waals surface area contributed by atoms with Crippen molar-refractivity contribution in [3.63, 3.8) is 0 Å². The molecule has 4 aromatic rings. The van der Waals surface area contributed by atoms with Crippen LogP contribution in [0.15, 0.2) is 95.9 Å². The van der Waals surface area contributed by atoms with E-state index in [1.807, 2.05) is 119 Å². The molecule has 20 rings (SSSR count). The van der Waals surface area contributed by atoms with Crippen LogP contribution < -0.4 is 5.32 Å². The van der Waals surface area contributed by atoms with Gasteiger partial charge < -0.3 is 67.2 Å². The summed E-state index contributed by atoms with van der Waals surface area (Å²) in [6, 6.07) is 1.75. The molecule has 1 N–H and O–H groups in total. The molecule has 125 heavy (non-hydrogen) atoms. The van der Waals surface area contributed by atoms with Crippen LogP contribution in [0.4, 0.5) is 9.59 Å². The highest BCUT2D eigenvalue weighted by Gasteiger charge is 2.56. The maximum absolute atomic E-state index is 12.3. The zero-order valence-corrected chi connectivity index (χ0v) is 78.8. The Kier molecular flexibility index (Phi) is 27.4. The van der Waals surface area contributed by atoms with Crippen molar-refractivity contribution in [2.45, 2.75) is 246 Å². The number of carbonyl (C=O) groups is 7. The molecule has 8 fully saturated rings. The Balaban J connectivity index is 0.000000121. The highest BCUT2D eigenvalue weighted by atomic mass is 127. The van der Waals surface area contributed by atoms with Crippen LogP contribution in [-0.4, -0.2) is 245 Å². The second-order valence-electron chi connectivity index (χ2n) is 40.0. The third kappa shape index (κ3) is 22.8. The summed E-state index contributed by atoms with van der Waals surface area (Å²) < 4.78 is 49.2. The molecule has 28 nitrogen and oxygen atoms in total. The number of allylic oxidation sites excluding steroid dienone is 2. The maximum atomic E-state index is 12.3. The van der Waals surface area contributed by atoms with E-state index >= 15 is 0 Å². The summed E-state index contributed by atoms with van der Waals surface area (Å²) in [7, 11) is -0.848. The number of halogens is 2. The Morgan fingerprint density at radius 2 is 0.840 bits per heavy atom. The summed E-state index contributed by atoms with van der Waals surface area (Å²) in [4.78, 5) is 119. The van der Waals surface area contributed by atoms with Gasteiger partial charge in [0.2, 0.25) is 28.9 Å². The quantitative estimate of drug-likeness (QED) is 0.0828. The van der Waals surface area contributed by atoms with E-state index in [2.05, 4.69) is 145 Å². The van der Waals surface area contributed by atoms with Gasteiger partial charge in [-0.05, 0) is 268 Å². The zero-order chi connectivity index (χ0) is 89.8. The van der Waals surface area contributed by atoms with E-state index in [1.54, 1.807) is 23.4 Å². The smallest absolute Gasteiger partial charge is 0.444 e. The van der Waals surface area contributed by atoms with E-state index in [0.717, 1.165) is 171 Å². The SMILES string of the molecule is CC(C)(C)OC(=O)N1CC=C(B2OC(C)(C)C(C)(C)O2)C1.CC(C)(C)OC(=O)n1ccc2nc(C3=CCN(C(=O)C4CC4)C3)cnc21.CC1(C)OB(C2=CCN(C(=O)C3CC3)C2)OC1(C)C.CC1(C)OB(C2=CCNC2)OC1(C)C.O=C(C1CC1)N1CC=C(c2cnc3c(n2)C(I)=CC3)C1.O=C(C1CC1)N1CC=C(c2cnc3c(n2)C=CC3)C1.O=C(Cl)C1CC1. The van der Waals surface area contributed by atoms with Gasteiger partial charge in [0, 0.05) is 131 Å². The normalized spacial score (nSPS) is 22.8. The highest BCUT2D eigenvalue weighted by molar-refractivity contribution is 14.1. The van der Waals surface area contributed by atoms with E-state index in [9.17, 15) is 33.6 Å². The van der Waals surface area contributed by atoms with Gasteiger partial charge in [-0.1, -0.05) is 48.6 Å². The van der Waals surface area contributed by atoms with Crippen LogP contribution in [0.25, 0.3) is 37.5 Å². The molecule has 0 radical (unpaired) electrons. The van der Waals surface area contributed by atoms with Gasteiger partial charge in [0.25, 0.3) is 0 Å². The molecular weight excluding hydrogens is 1720 g/mol. The average Bonchev–Trinajstić information content (AvgIpc) is 1.63. The predicted octanol–water partition coefficient (Wildman–Crippen LogP) is 13.9. The number of amides is 5. The van der Waals surface area contributed by atoms with Crippen molar-refractivity contribution in [1.29, 1.82) is 0 Å². The molecule has 668 valence electrons. The minimum atomic E-state index is -0.576. The number of nitrogens with one attached hydrogen (secondary N) is 1. The van der Waals surface area contributed by atoms with Crippen molar-refractivity contribution in [3.8, 4) is 0 Å². The summed E-state index contributed by atoms with van der Waals surface area (Å²) in [5, 5.41) is 3.09. The highest BCUT2D eigenvalue weighted by Crippen LogP contribution is 2.44. The molecule has 0 aromatic carbocycles. The van der Waals surface area contributed by atoms with E-state index in [1.165, 1.54) is 13.6 Å². The summed E-state index contributed by atoms with van der Waals surface area (Å²) in [5.41, 5.74) is 11.5. The molecule has 3 saturated heterocycles. The molecule has 0 bridgehead atoms. The number of rotatable bonds is 11. The third-order valence-corrected chi connectivity index (χ3v) is 26.9. The van der Waals surface area contributed by atoms with Crippen LogP contribution >= 0.6 is 34.2 Å². The molecule has 7 aliphatic carbocycles. The fourth-order valence-electron chi connectivity index (χ4n) is 15.0. The van der Waals surface area contributed by atoms with Crippen molar-refractivity contribution in [3.05, 3.63) is 136 Å². The molecule has 5 saturated carbocycles. The number of nitrogens with zero attached hydrogens (tertiary/aromatic N) is 12. The van der Waals surface area contributed by atoms with Crippen LogP contribution in [0.2, 0.25) is 0 Å². The summed E-state index contributed by atoms with van der Waals surface area (Å²) >= 11 is 7.35. The predicted molar refractivity (Wildman–Crippen MR) is 490 cm³/mol. The summed E-state index contributed by atoms with van der Waals surface area (Å²) in [6.07, 6.45) is 37.1. The molecule has 9 aliphatic heterocycles. The topological polar surface area (TPSA) is 304 Å². The van der Waals surface area contributed by atoms with Gasteiger partial charge >= 0.3 is 33.5 Å². The van der Waals surface area contributed by atoms with E-state index in [0.29, 0.717) is 87.2 Å². The monoisotopic (exact) mass is 1840 g/mol. The van der Waals surface area contributed by atoms with Crippen molar-refractivity contribution >= 4 is 134 Å². The summed E-state index contributed by atoms with van der Waals surface area (Å²) in [6.45, 7) is 43.9. The van der Waals surface area contributed by atoms with Gasteiger partial charge in [0.05, 0.1) is 92.1 Å². The van der Waals surface area contributed by atoms with Crippen molar-refractivity contribution in [1.82, 2.24) is 64.3 Å². The van der Waals surface area contributed by atoms with Crippen molar-refractivity contribution in [2.24, 2.45) is 29.6 Å². The molecule has 16 aliphatic rings. The second kappa shape index (κ2) is 36.8. The molecule has 4 aromatic heterocycles. The zero-order valence-electron chi connectivity index (χ0n) is 75.9. The summed E-state index contributed by atoms with van der Waals surface area (Å²) in [5.74, 6) is 2.46. The number of fused-ring (bicyclic) bond motifs is 3. The minimum Gasteiger partial charge on any atom is -0.444 e. The fraction of sp³-hybridized carbons (Fsp3) is 0.598. The third-order valence-electron chi connectivity index (χ3n) is 25.6. The number of carbonyl (C=O) groups excluding carboxylic acids is 7. The van der Waals surface area contributed by atoms with E-state index in [4.69, 9.17) is 54.0 Å². The number of ether oxygens (including phenoxy) is 2. The van der Waals surface area contributed by atoms with Crippen molar-refractivity contribution < 1.29 is 71.0 Å². The van der Waals surface area contributed by atoms with Gasteiger partial charge in [-0.2, -0.15) is 0 Å². The van der Waals surface area contributed by atoms with E-state index in [-0.39, 0.29) is 95.9 Å². The van der Waals surface area contributed by atoms with E-state index < -0.39 is 17.3 Å². The Morgan fingerprint density at radius 1 is 0.456 bits per heavy atom. The molecular formula is C92H122B3ClIN13O15. The Labute approximate surface area is 754 Å². The Morgan fingerprint density at radius 3 is 1.26 bits per heavy atom. The first-order valence-electron chi connectivity index (χ1n) is 44.4. The first kappa shape index (κ1) is 93.1. The lowest BCUT2D eigenvalue weighted by Gasteiger charge is -2.32. The first-order valence-corrected chi connectivity index (χ1v) is 45.8. The lowest BCUT2D eigenvalue weighted by molar-refractivity contribution is -0.131. The molecule has 0 unspecified atom stereocenters. The number of hydrogen-bond donors (Lipinski definition) is 1. The molecule has 5 amide bonds. The molecule has 0 atom stereocenters. The fourth-order valence-corrected chi connectivity index (χ4v) is 15.9. The number of aromatic nitrogens is 7. The lowest BCUT2D eigenvalue weighted by Crippen LogP contribution is -2.41.